The van der Waals surface area contributed by atoms with Crippen molar-refractivity contribution in [1.29, 1.82) is 0 Å². The highest BCUT2D eigenvalue weighted by molar-refractivity contribution is 8.05. The zero-order valence-corrected chi connectivity index (χ0v) is 4.22. The second-order valence-electron chi connectivity index (χ2n) is 1.71. The lowest BCUT2D eigenvalue weighted by atomic mass is 10.4. The third-order valence-electron chi connectivity index (χ3n) is 0.510. The number of nitrogens with one attached hydrogen (secondary N) is 1. The molecule has 1 rings (SSSR count). The maximum absolute atomic E-state index is 3.09. The Hall–Kier alpha value is 0.310. The zero-order valence-electron chi connectivity index (χ0n) is 3.41. The van der Waals surface area contributed by atoms with E-state index in [1.54, 1.807) is 11.9 Å². The summed E-state index contributed by atoms with van der Waals surface area (Å²) >= 11 is 1.78. The summed E-state index contributed by atoms with van der Waals surface area (Å²) in [5.41, 5.74) is 0. The molecule has 1 N–H and O–H groups in total. The molecular weight excluding hydrogens is 82.1 g/mol. The lowest BCUT2D eigenvalue weighted by Gasteiger charge is -1.80. The first kappa shape index (κ1) is 3.50. The smallest absolute Gasteiger partial charge is 0.0825 e. The third-order valence-corrected chi connectivity index (χ3v) is 1.53. The van der Waals surface area contributed by atoms with Gasteiger partial charge in [-0.15, -0.1) is 0 Å². The summed E-state index contributed by atoms with van der Waals surface area (Å²) in [4.78, 5) is 0.417. The van der Waals surface area contributed by atoms with Crippen molar-refractivity contribution in [3.05, 3.63) is 0 Å². The fourth-order valence-electron chi connectivity index (χ4n) is 0.102. The van der Waals surface area contributed by atoms with Gasteiger partial charge in [0.15, 0.2) is 0 Å². The van der Waals surface area contributed by atoms with Crippen LogP contribution in [0.2, 0.25) is 0 Å². The van der Waals surface area contributed by atoms with Crippen molar-refractivity contribution in [1.82, 2.24) is 4.72 Å². The summed E-state index contributed by atoms with van der Waals surface area (Å²) in [5, 5.41) is 0. The largest absolute Gasteiger partial charge is 0.246 e. The van der Waals surface area contributed by atoms with Crippen molar-refractivity contribution in [3.8, 4) is 0 Å². The summed E-state index contributed by atoms with van der Waals surface area (Å²) in [7, 11) is 0. The van der Waals surface area contributed by atoms with Gasteiger partial charge in [0.1, 0.15) is 0 Å². The molecule has 30 valence electrons. The predicted molar refractivity (Wildman–Crippen MR) is 24.8 cm³/mol. The van der Waals surface area contributed by atoms with E-state index < -0.39 is 0 Å². The van der Waals surface area contributed by atoms with Crippen LogP contribution in [0, 0.1) is 0 Å². The molecule has 0 aromatic carbocycles. The molecular formula is C3H7NS. The van der Waals surface area contributed by atoms with E-state index in [1.807, 2.05) is 0 Å². The van der Waals surface area contributed by atoms with Gasteiger partial charge in [-0.2, -0.15) is 0 Å². The second kappa shape index (κ2) is 0.684. The van der Waals surface area contributed by atoms with Crippen LogP contribution in [0.4, 0.5) is 0 Å². The normalized spacial score (nSPS) is 30.0. The van der Waals surface area contributed by atoms with E-state index in [0.717, 1.165) is 0 Å². The molecule has 0 amide bonds. The fraction of sp³-hybridized carbons (Fsp3) is 1.00. The van der Waals surface area contributed by atoms with Crippen molar-refractivity contribution in [2.45, 2.75) is 18.7 Å². The van der Waals surface area contributed by atoms with Crippen molar-refractivity contribution in [2.24, 2.45) is 0 Å². The van der Waals surface area contributed by atoms with Crippen LogP contribution in [-0.4, -0.2) is 4.87 Å². The van der Waals surface area contributed by atoms with Gasteiger partial charge in [-0.1, -0.05) is 11.9 Å². The first-order valence-corrected chi connectivity index (χ1v) is 2.47. The molecule has 1 aliphatic heterocycles. The van der Waals surface area contributed by atoms with E-state index in [1.165, 1.54) is 0 Å². The molecule has 0 aliphatic carbocycles. The van der Waals surface area contributed by atoms with Crippen LogP contribution in [-0.2, 0) is 0 Å². The first-order chi connectivity index (χ1) is 2.21. The molecule has 1 heterocycles. The van der Waals surface area contributed by atoms with Crippen LogP contribution in [0.15, 0.2) is 0 Å². The van der Waals surface area contributed by atoms with Crippen molar-refractivity contribution in [2.75, 3.05) is 0 Å². The van der Waals surface area contributed by atoms with Crippen LogP contribution in [0.25, 0.3) is 0 Å². The molecule has 1 aliphatic rings. The molecule has 1 nitrogen and oxygen atoms in total. The van der Waals surface area contributed by atoms with Gasteiger partial charge in [-0.25, -0.2) is 4.72 Å². The van der Waals surface area contributed by atoms with Crippen LogP contribution >= 0.6 is 11.9 Å². The minimum atomic E-state index is 0.417. The van der Waals surface area contributed by atoms with Gasteiger partial charge < -0.3 is 0 Å². The molecule has 0 atom stereocenters. The van der Waals surface area contributed by atoms with Crippen LogP contribution in [0.5, 0.6) is 0 Å². The monoisotopic (exact) mass is 89.0 g/mol. The van der Waals surface area contributed by atoms with Gasteiger partial charge in [0.05, 0.1) is 4.87 Å². The predicted octanol–water partition coefficient (Wildman–Crippen LogP) is 0.974. The molecule has 0 spiro atoms. The summed E-state index contributed by atoms with van der Waals surface area (Å²) in [6.45, 7) is 4.30. The minimum Gasteiger partial charge on any atom is -0.246 e. The zero-order chi connectivity index (χ0) is 3.91. The Morgan fingerprint density at radius 3 is 1.80 bits per heavy atom. The Bertz CT molecular complexity index is 44.9. The second-order valence-corrected chi connectivity index (χ2v) is 3.14. The van der Waals surface area contributed by atoms with Crippen LogP contribution in [0.1, 0.15) is 13.8 Å². The van der Waals surface area contributed by atoms with E-state index in [-0.39, 0.29) is 0 Å². The third kappa shape index (κ3) is 0.816. The van der Waals surface area contributed by atoms with Gasteiger partial charge >= 0.3 is 0 Å². The van der Waals surface area contributed by atoms with Crippen LogP contribution in [0.3, 0.4) is 0 Å². The first-order valence-electron chi connectivity index (χ1n) is 1.66. The standard InChI is InChI=1S/C3H7NS/c1-3(2)4-5-3/h4H,1-2H3. The highest BCUT2D eigenvalue weighted by Crippen LogP contribution is 2.34. The molecule has 0 unspecified atom stereocenters. The lowest BCUT2D eigenvalue weighted by molar-refractivity contribution is 0.808. The van der Waals surface area contributed by atoms with Crippen molar-refractivity contribution < 1.29 is 0 Å². The van der Waals surface area contributed by atoms with Gasteiger partial charge in [-0.3, -0.25) is 0 Å². The van der Waals surface area contributed by atoms with Gasteiger partial charge in [0, 0.05) is 0 Å². The Kier molecular flexibility index (Phi) is 0.478. The molecule has 0 aromatic heterocycles. The number of hydrogen-bond acceptors (Lipinski definition) is 2. The van der Waals surface area contributed by atoms with E-state index in [4.69, 9.17) is 0 Å². The SMILES string of the molecule is CC1(C)NS1. The molecule has 2 heteroatoms. The quantitative estimate of drug-likeness (QED) is 0.353. The summed E-state index contributed by atoms with van der Waals surface area (Å²) in [6, 6.07) is 0. The average molecular weight is 89.2 g/mol. The maximum Gasteiger partial charge on any atom is 0.0825 e. The average Bonchev–Trinajstić information content (AvgIpc) is 1.76. The minimum absolute atomic E-state index is 0.417. The van der Waals surface area contributed by atoms with Gasteiger partial charge in [0.25, 0.3) is 0 Å². The van der Waals surface area contributed by atoms with E-state index in [9.17, 15) is 0 Å². The molecule has 1 fully saturated rings. The van der Waals surface area contributed by atoms with Crippen LogP contribution < -0.4 is 4.72 Å². The van der Waals surface area contributed by atoms with E-state index in [2.05, 4.69) is 18.6 Å². The number of hydrogen-bond donors (Lipinski definition) is 1. The van der Waals surface area contributed by atoms with E-state index >= 15 is 0 Å². The lowest BCUT2D eigenvalue weighted by Crippen LogP contribution is -1.97. The highest BCUT2D eigenvalue weighted by atomic mass is 32.2. The molecule has 0 bridgehead atoms. The van der Waals surface area contributed by atoms with Crippen molar-refractivity contribution in [3.63, 3.8) is 0 Å². The molecule has 0 saturated carbocycles. The summed E-state index contributed by atoms with van der Waals surface area (Å²) < 4.78 is 3.09. The highest BCUT2D eigenvalue weighted by Gasteiger charge is 2.31. The molecule has 1 saturated heterocycles. The number of rotatable bonds is 0. The Morgan fingerprint density at radius 2 is 1.80 bits per heavy atom. The van der Waals surface area contributed by atoms with E-state index in [0.29, 0.717) is 4.87 Å². The summed E-state index contributed by atoms with van der Waals surface area (Å²) in [6.07, 6.45) is 0. The topological polar surface area (TPSA) is 21.9 Å². The Labute approximate surface area is 36.3 Å². The molecule has 5 heavy (non-hydrogen) atoms. The van der Waals surface area contributed by atoms with Crippen molar-refractivity contribution >= 4 is 11.9 Å². The molecule has 0 aromatic rings. The van der Waals surface area contributed by atoms with Gasteiger partial charge in [0.2, 0.25) is 0 Å². The maximum atomic E-state index is 3.09. The fourth-order valence-corrected chi connectivity index (χ4v) is 0.306. The Balaban J connectivity index is 2.38. The van der Waals surface area contributed by atoms with Gasteiger partial charge in [-0.05, 0) is 13.8 Å². The summed E-state index contributed by atoms with van der Waals surface area (Å²) in [5.74, 6) is 0. The Morgan fingerprint density at radius 1 is 1.60 bits per heavy atom. The molecule has 0 radical (unpaired) electrons.